The highest BCUT2D eigenvalue weighted by molar-refractivity contribution is 5.86. The van der Waals surface area contributed by atoms with E-state index in [0.29, 0.717) is 0 Å². The van der Waals surface area contributed by atoms with E-state index in [-0.39, 0.29) is 0 Å². The first-order valence-corrected chi connectivity index (χ1v) is 20.3. The molecule has 0 amide bonds. The molecule has 0 fully saturated rings. The van der Waals surface area contributed by atoms with Gasteiger partial charge in [-0.3, -0.25) is 0 Å². The molecule has 0 aliphatic heterocycles. The van der Waals surface area contributed by atoms with Gasteiger partial charge in [0, 0.05) is 33.4 Å². The molecule has 0 radical (unpaired) electrons. The number of rotatable bonds is 9. The van der Waals surface area contributed by atoms with Crippen LogP contribution in [0, 0.1) is 0 Å². The standard InChI is InChI=1S/C57H39N3/c1-7-19-40(20-8-1)46-34-52(43-25-13-4-14-26-43)58-55(37-46)49-31-50(56-38-47(41-21-9-2-10-22-41)35-53(59-56)44-27-15-5-16-28-44)33-51(32-49)57-39-48(42-23-11-3-12-24-42)36-54(60-57)45-29-17-6-18-30-45/h1-39H. The van der Waals surface area contributed by atoms with Crippen LogP contribution >= 0.6 is 0 Å². The molecular weight excluding hydrogens is 727 g/mol. The lowest BCUT2D eigenvalue weighted by Gasteiger charge is -2.16. The van der Waals surface area contributed by atoms with Crippen molar-refractivity contribution in [2.75, 3.05) is 0 Å². The van der Waals surface area contributed by atoms with E-state index >= 15 is 0 Å². The van der Waals surface area contributed by atoms with E-state index in [1.807, 2.05) is 18.2 Å². The summed E-state index contributed by atoms with van der Waals surface area (Å²) in [5.74, 6) is 0. The Morgan fingerprint density at radius 3 is 0.550 bits per heavy atom. The lowest BCUT2D eigenvalue weighted by Crippen LogP contribution is -1.96. The van der Waals surface area contributed by atoms with Crippen LogP contribution in [0.5, 0.6) is 0 Å². The highest BCUT2D eigenvalue weighted by Crippen LogP contribution is 2.38. The molecule has 0 bridgehead atoms. The summed E-state index contributed by atoms with van der Waals surface area (Å²) in [4.78, 5) is 16.2. The third kappa shape index (κ3) is 7.80. The molecule has 10 aromatic rings. The summed E-state index contributed by atoms with van der Waals surface area (Å²) in [6.45, 7) is 0. The van der Waals surface area contributed by atoms with Crippen LogP contribution < -0.4 is 0 Å². The summed E-state index contributed by atoms with van der Waals surface area (Å²) in [5, 5.41) is 0. The van der Waals surface area contributed by atoms with E-state index in [1.54, 1.807) is 0 Å². The number of pyridine rings is 3. The zero-order chi connectivity index (χ0) is 40.1. The van der Waals surface area contributed by atoms with E-state index < -0.39 is 0 Å². The minimum atomic E-state index is 0.864. The Labute approximate surface area is 351 Å². The molecule has 60 heavy (non-hydrogen) atoms. The SMILES string of the molecule is c1ccc(-c2cc(-c3ccccc3)nc(-c3cc(-c4cc(-c5ccccc5)cc(-c5ccccc5)n4)cc(-c4cc(-c5ccccc5)cc(-c5ccccc5)n4)c3)c2)cc1. The largest absolute Gasteiger partial charge is 0.248 e. The van der Waals surface area contributed by atoms with E-state index in [1.165, 1.54) is 0 Å². The van der Waals surface area contributed by atoms with E-state index in [0.717, 1.165) is 101 Å². The first-order chi connectivity index (χ1) is 29.7. The summed E-state index contributed by atoms with van der Waals surface area (Å²) < 4.78 is 0. The molecule has 0 saturated heterocycles. The van der Waals surface area contributed by atoms with Crippen molar-refractivity contribution in [3.8, 4) is 101 Å². The summed E-state index contributed by atoms with van der Waals surface area (Å²) in [7, 11) is 0. The van der Waals surface area contributed by atoms with Crippen LogP contribution in [-0.4, -0.2) is 15.0 Å². The highest BCUT2D eigenvalue weighted by Gasteiger charge is 2.17. The average molecular weight is 766 g/mol. The summed E-state index contributed by atoms with van der Waals surface area (Å²) >= 11 is 0. The summed E-state index contributed by atoms with van der Waals surface area (Å²) in [6, 6.07) is 82.8. The lowest BCUT2D eigenvalue weighted by atomic mass is 9.94. The Hall–Kier alpha value is -8.01. The van der Waals surface area contributed by atoms with Crippen molar-refractivity contribution < 1.29 is 0 Å². The average Bonchev–Trinajstić information content (AvgIpc) is 3.35. The third-order valence-electron chi connectivity index (χ3n) is 10.8. The molecule has 0 unspecified atom stereocenters. The fraction of sp³-hybridized carbons (Fsp3) is 0. The maximum Gasteiger partial charge on any atom is 0.0716 e. The van der Waals surface area contributed by atoms with Crippen LogP contribution in [0.4, 0.5) is 0 Å². The van der Waals surface area contributed by atoms with E-state index in [2.05, 4.69) is 218 Å². The number of nitrogens with zero attached hydrogens (tertiary/aromatic N) is 3. The van der Waals surface area contributed by atoms with Crippen molar-refractivity contribution >= 4 is 0 Å². The Bertz CT molecular complexity index is 2520. The summed E-state index contributed by atoms with van der Waals surface area (Å²) in [6.07, 6.45) is 0. The molecule has 3 heterocycles. The number of aromatic nitrogens is 3. The van der Waals surface area contributed by atoms with E-state index in [9.17, 15) is 0 Å². The van der Waals surface area contributed by atoms with Crippen molar-refractivity contribution in [3.63, 3.8) is 0 Å². The molecule has 282 valence electrons. The van der Waals surface area contributed by atoms with Gasteiger partial charge < -0.3 is 0 Å². The van der Waals surface area contributed by atoms with Crippen LogP contribution in [0.1, 0.15) is 0 Å². The first-order valence-electron chi connectivity index (χ1n) is 20.3. The van der Waals surface area contributed by atoms with Gasteiger partial charge in [-0.2, -0.15) is 0 Å². The number of hydrogen-bond acceptors (Lipinski definition) is 3. The zero-order valence-corrected chi connectivity index (χ0v) is 32.9. The molecule has 0 saturated carbocycles. The predicted molar refractivity (Wildman–Crippen MR) is 249 cm³/mol. The van der Waals surface area contributed by atoms with Gasteiger partial charge in [0.05, 0.1) is 34.2 Å². The van der Waals surface area contributed by atoms with Crippen molar-refractivity contribution in [2.24, 2.45) is 0 Å². The van der Waals surface area contributed by atoms with Gasteiger partial charge in [-0.15, -0.1) is 0 Å². The van der Waals surface area contributed by atoms with Crippen LogP contribution in [-0.2, 0) is 0 Å². The predicted octanol–water partition coefficient (Wildman–Crippen LogP) is 14.9. The Balaban J connectivity index is 1.24. The minimum absolute atomic E-state index is 0.864. The zero-order valence-electron chi connectivity index (χ0n) is 32.9. The minimum Gasteiger partial charge on any atom is -0.248 e. The topological polar surface area (TPSA) is 38.7 Å². The molecule has 0 atom stereocenters. The maximum absolute atomic E-state index is 5.39. The van der Waals surface area contributed by atoms with Gasteiger partial charge >= 0.3 is 0 Å². The molecule has 3 nitrogen and oxygen atoms in total. The first kappa shape index (κ1) is 36.3. The maximum atomic E-state index is 5.39. The van der Waals surface area contributed by atoms with Crippen molar-refractivity contribution in [1.29, 1.82) is 0 Å². The normalized spacial score (nSPS) is 11.0. The molecular formula is C57H39N3. The van der Waals surface area contributed by atoms with Crippen molar-refractivity contribution in [1.82, 2.24) is 15.0 Å². The molecule has 3 heteroatoms. The monoisotopic (exact) mass is 765 g/mol. The van der Waals surface area contributed by atoms with Gasteiger partial charge in [-0.1, -0.05) is 182 Å². The molecule has 3 aromatic heterocycles. The summed E-state index contributed by atoms with van der Waals surface area (Å²) in [5.41, 5.74) is 18.1. The van der Waals surface area contributed by atoms with Gasteiger partial charge in [-0.05, 0) is 88.0 Å². The molecule has 0 aliphatic rings. The van der Waals surface area contributed by atoms with Gasteiger partial charge in [0.2, 0.25) is 0 Å². The molecule has 0 aliphatic carbocycles. The second-order valence-corrected chi connectivity index (χ2v) is 14.9. The third-order valence-corrected chi connectivity index (χ3v) is 10.8. The molecule has 0 N–H and O–H groups in total. The number of benzene rings is 7. The van der Waals surface area contributed by atoms with Crippen LogP contribution in [0.2, 0.25) is 0 Å². The Morgan fingerprint density at radius 1 is 0.150 bits per heavy atom. The molecule has 0 spiro atoms. The van der Waals surface area contributed by atoms with Crippen LogP contribution in [0.25, 0.3) is 101 Å². The van der Waals surface area contributed by atoms with E-state index in [4.69, 9.17) is 15.0 Å². The van der Waals surface area contributed by atoms with Crippen molar-refractivity contribution in [3.05, 3.63) is 237 Å². The van der Waals surface area contributed by atoms with Gasteiger partial charge in [0.1, 0.15) is 0 Å². The second kappa shape index (κ2) is 16.5. The number of hydrogen-bond donors (Lipinski definition) is 0. The second-order valence-electron chi connectivity index (χ2n) is 14.9. The smallest absolute Gasteiger partial charge is 0.0716 e. The van der Waals surface area contributed by atoms with Crippen LogP contribution in [0.15, 0.2) is 237 Å². The fourth-order valence-electron chi connectivity index (χ4n) is 7.77. The fourth-order valence-corrected chi connectivity index (χ4v) is 7.77. The molecule has 10 rings (SSSR count). The molecule has 7 aromatic carbocycles. The van der Waals surface area contributed by atoms with Gasteiger partial charge in [-0.25, -0.2) is 15.0 Å². The Morgan fingerprint density at radius 2 is 0.333 bits per heavy atom. The highest BCUT2D eigenvalue weighted by atomic mass is 14.7. The Kier molecular flexibility index (Phi) is 9.97. The quantitative estimate of drug-likeness (QED) is 0.147. The van der Waals surface area contributed by atoms with Crippen molar-refractivity contribution in [2.45, 2.75) is 0 Å². The van der Waals surface area contributed by atoms with Gasteiger partial charge in [0.25, 0.3) is 0 Å². The lowest BCUT2D eigenvalue weighted by molar-refractivity contribution is 1.29. The van der Waals surface area contributed by atoms with Gasteiger partial charge in [0.15, 0.2) is 0 Å². The van der Waals surface area contributed by atoms with Crippen LogP contribution in [0.3, 0.4) is 0 Å².